The van der Waals surface area contributed by atoms with Crippen LogP contribution in [0.15, 0.2) is 24.3 Å². The van der Waals surface area contributed by atoms with Crippen LogP contribution in [0.25, 0.3) is 11.4 Å². The van der Waals surface area contributed by atoms with Gasteiger partial charge in [0.05, 0.1) is 17.7 Å². The van der Waals surface area contributed by atoms with E-state index in [4.69, 9.17) is 21.6 Å². The van der Waals surface area contributed by atoms with Crippen LogP contribution in [0.5, 0.6) is 6.01 Å². The molecule has 96 valence electrons. The van der Waals surface area contributed by atoms with E-state index >= 15 is 0 Å². The van der Waals surface area contributed by atoms with Crippen molar-refractivity contribution in [1.29, 1.82) is 5.26 Å². The average molecular weight is 275 g/mol. The quantitative estimate of drug-likeness (QED) is 0.860. The lowest BCUT2D eigenvalue weighted by molar-refractivity contribution is 0.222. The zero-order valence-electron chi connectivity index (χ0n) is 10.5. The van der Waals surface area contributed by atoms with E-state index in [1.54, 1.807) is 24.3 Å². The maximum absolute atomic E-state index is 8.88. The SMILES string of the molecule is CC(C)Oc1nc(Cl)nc(-c2cccc(C#N)c2)n1. The van der Waals surface area contributed by atoms with Crippen molar-refractivity contribution in [2.24, 2.45) is 0 Å². The number of aromatic nitrogens is 3. The summed E-state index contributed by atoms with van der Waals surface area (Å²) in [5.74, 6) is 0.382. The minimum atomic E-state index is -0.0586. The number of nitrogens with zero attached hydrogens (tertiary/aromatic N) is 4. The Morgan fingerprint density at radius 1 is 1.26 bits per heavy atom. The zero-order valence-corrected chi connectivity index (χ0v) is 11.2. The van der Waals surface area contributed by atoms with Crippen LogP contribution in [-0.4, -0.2) is 21.1 Å². The minimum absolute atomic E-state index is 0.0583. The molecule has 19 heavy (non-hydrogen) atoms. The molecular formula is C13H11ClN4O. The zero-order chi connectivity index (χ0) is 13.8. The second kappa shape index (κ2) is 5.63. The van der Waals surface area contributed by atoms with Crippen molar-refractivity contribution in [3.63, 3.8) is 0 Å². The van der Waals surface area contributed by atoms with Crippen LogP contribution in [0.2, 0.25) is 5.28 Å². The first kappa shape index (κ1) is 13.2. The highest BCUT2D eigenvalue weighted by molar-refractivity contribution is 6.28. The Morgan fingerprint density at radius 2 is 2.05 bits per heavy atom. The number of hydrogen-bond donors (Lipinski definition) is 0. The van der Waals surface area contributed by atoms with E-state index in [1.165, 1.54) is 0 Å². The molecular weight excluding hydrogens is 264 g/mol. The second-order valence-electron chi connectivity index (χ2n) is 4.07. The van der Waals surface area contributed by atoms with E-state index < -0.39 is 0 Å². The van der Waals surface area contributed by atoms with E-state index in [0.717, 1.165) is 0 Å². The second-order valence-corrected chi connectivity index (χ2v) is 4.41. The molecule has 2 aromatic rings. The molecule has 0 aliphatic carbocycles. The Labute approximate surface area is 115 Å². The molecule has 5 nitrogen and oxygen atoms in total. The first-order valence-corrected chi connectivity index (χ1v) is 6.05. The molecule has 0 spiro atoms. The average Bonchev–Trinajstić information content (AvgIpc) is 2.37. The van der Waals surface area contributed by atoms with Crippen LogP contribution < -0.4 is 4.74 Å². The van der Waals surface area contributed by atoms with Crippen LogP contribution in [0.3, 0.4) is 0 Å². The molecule has 0 fully saturated rings. The highest BCUT2D eigenvalue weighted by Crippen LogP contribution is 2.20. The fraction of sp³-hybridized carbons (Fsp3) is 0.231. The topological polar surface area (TPSA) is 71.7 Å². The lowest BCUT2D eigenvalue weighted by Gasteiger charge is -2.08. The van der Waals surface area contributed by atoms with Crippen molar-refractivity contribution in [3.8, 4) is 23.5 Å². The van der Waals surface area contributed by atoms with Gasteiger partial charge in [0.2, 0.25) is 5.28 Å². The molecule has 0 saturated carbocycles. The monoisotopic (exact) mass is 274 g/mol. The summed E-state index contributed by atoms with van der Waals surface area (Å²) in [4.78, 5) is 12.1. The number of hydrogen-bond acceptors (Lipinski definition) is 5. The van der Waals surface area contributed by atoms with E-state index in [1.807, 2.05) is 13.8 Å². The predicted octanol–water partition coefficient (Wildman–Crippen LogP) is 2.85. The van der Waals surface area contributed by atoms with Gasteiger partial charge in [0, 0.05) is 5.56 Å². The molecule has 0 aliphatic rings. The summed E-state index contributed by atoms with van der Waals surface area (Å²) in [5, 5.41) is 8.94. The van der Waals surface area contributed by atoms with Crippen LogP contribution in [-0.2, 0) is 0 Å². The van der Waals surface area contributed by atoms with Gasteiger partial charge in [0.25, 0.3) is 0 Å². The Kier molecular flexibility index (Phi) is 3.93. The molecule has 2 rings (SSSR count). The van der Waals surface area contributed by atoms with E-state index in [0.29, 0.717) is 17.0 Å². The lowest BCUT2D eigenvalue weighted by atomic mass is 10.1. The fourth-order valence-electron chi connectivity index (χ4n) is 1.45. The highest BCUT2D eigenvalue weighted by Gasteiger charge is 2.10. The molecule has 0 saturated heterocycles. The summed E-state index contributed by atoms with van der Waals surface area (Å²) in [6.45, 7) is 3.74. The molecule has 1 heterocycles. The standard InChI is InChI=1S/C13H11ClN4O/c1-8(2)19-13-17-11(16-12(14)18-13)10-5-3-4-9(6-10)7-15/h3-6,8H,1-2H3. The highest BCUT2D eigenvalue weighted by atomic mass is 35.5. The molecule has 1 aromatic carbocycles. The molecule has 0 atom stereocenters. The molecule has 0 amide bonds. The normalized spacial score (nSPS) is 10.3. The molecule has 0 bridgehead atoms. The third-order valence-corrected chi connectivity index (χ3v) is 2.35. The van der Waals surface area contributed by atoms with Crippen molar-refractivity contribution in [1.82, 2.24) is 15.0 Å². The summed E-state index contributed by atoms with van der Waals surface area (Å²) < 4.78 is 5.40. The van der Waals surface area contributed by atoms with Gasteiger partial charge in [-0.1, -0.05) is 12.1 Å². The number of benzene rings is 1. The van der Waals surface area contributed by atoms with Gasteiger partial charge in [-0.25, -0.2) is 0 Å². The minimum Gasteiger partial charge on any atom is -0.461 e. The van der Waals surface area contributed by atoms with Crippen LogP contribution in [0.1, 0.15) is 19.4 Å². The summed E-state index contributed by atoms with van der Waals surface area (Å²) >= 11 is 5.85. The third kappa shape index (κ3) is 3.39. The summed E-state index contributed by atoms with van der Waals surface area (Å²) in [5.41, 5.74) is 1.22. The van der Waals surface area contributed by atoms with Crippen LogP contribution in [0, 0.1) is 11.3 Å². The van der Waals surface area contributed by atoms with Gasteiger partial charge in [-0.2, -0.15) is 20.2 Å². The molecule has 0 radical (unpaired) electrons. The van der Waals surface area contributed by atoms with E-state index in [2.05, 4.69) is 21.0 Å². The van der Waals surface area contributed by atoms with Gasteiger partial charge in [-0.15, -0.1) is 0 Å². The van der Waals surface area contributed by atoms with Gasteiger partial charge in [0.15, 0.2) is 5.82 Å². The summed E-state index contributed by atoms with van der Waals surface area (Å²) in [6, 6.07) is 9.18. The third-order valence-electron chi connectivity index (χ3n) is 2.18. The summed E-state index contributed by atoms with van der Waals surface area (Å²) in [6.07, 6.45) is -0.0586. The first-order chi connectivity index (χ1) is 9.08. The van der Waals surface area contributed by atoms with Crippen molar-refractivity contribution in [2.45, 2.75) is 20.0 Å². The largest absolute Gasteiger partial charge is 0.461 e. The smallest absolute Gasteiger partial charge is 0.321 e. The van der Waals surface area contributed by atoms with Crippen molar-refractivity contribution in [2.75, 3.05) is 0 Å². The Bertz CT molecular complexity index is 637. The van der Waals surface area contributed by atoms with Gasteiger partial charge >= 0.3 is 6.01 Å². The number of nitriles is 1. The van der Waals surface area contributed by atoms with E-state index in [-0.39, 0.29) is 17.4 Å². The lowest BCUT2D eigenvalue weighted by Crippen LogP contribution is -2.09. The number of ether oxygens (including phenoxy) is 1. The number of rotatable bonds is 3. The maximum Gasteiger partial charge on any atom is 0.321 e. The Balaban J connectivity index is 2.44. The van der Waals surface area contributed by atoms with Crippen LogP contribution in [0.4, 0.5) is 0 Å². The van der Waals surface area contributed by atoms with Crippen molar-refractivity contribution < 1.29 is 4.74 Å². The van der Waals surface area contributed by atoms with Crippen molar-refractivity contribution >= 4 is 11.6 Å². The van der Waals surface area contributed by atoms with Crippen LogP contribution >= 0.6 is 11.6 Å². The predicted molar refractivity (Wildman–Crippen MR) is 70.8 cm³/mol. The van der Waals surface area contributed by atoms with Gasteiger partial charge in [-0.3, -0.25) is 0 Å². The van der Waals surface area contributed by atoms with E-state index in [9.17, 15) is 0 Å². The maximum atomic E-state index is 8.88. The Morgan fingerprint density at radius 3 is 2.74 bits per heavy atom. The summed E-state index contributed by atoms with van der Waals surface area (Å²) in [7, 11) is 0. The van der Waals surface area contributed by atoms with Crippen molar-refractivity contribution in [3.05, 3.63) is 35.1 Å². The Hall–Kier alpha value is -2.19. The molecule has 0 aliphatic heterocycles. The van der Waals surface area contributed by atoms with Gasteiger partial charge in [0.1, 0.15) is 0 Å². The molecule has 0 N–H and O–H groups in total. The molecule has 0 unspecified atom stereocenters. The fourth-order valence-corrected chi connectivity index (χ4v) is 1.60. The van der Waals surface area contributed by atoms with Gasteiger partial charge < -0.3 is 4.74 Å². The van der Waals surface area contributed by atoms with Gasteiger partial charge in [-0.05, 0) is 37.6 Å². The number of halogens is 1. The first-order valence-electron chi connectivity index (χ1n) is 5.67. The molecule has 1 aromatic heterocycles. The molecule has 6 heteroatoms.